The number of benzene rings is 1. The molecule has 0 amide bonds. The maximum atomic E-state index is 12.3. The Kier molecular flexibility index (Phi) is 4.84. The molecule has 0 radical (unpaired) electrons. The fraction of sp³-hybridized carbons (Fsp3) is 0.500. The van der Waals surface area contributed by atoms with Crippen LogP contribution >= 0.6 is 0 Å². The van der Waals surface area contributed by atoms with Crippen molar-refractivity contribution in [1.82, 2.24) is 5.32 Å². The molecule has 19 heavy (non-hydrogen) atoms. The van der Waals surface area contributed by atoms with Gasteiger partial charge in [0.2, 0.25) is 0 Å². The van der Waals surface area contributed by atoms with Crippen LogP contribution in [0.4, 0.5) is 26.3 Å². The molecule has 0 saturated heterocycles. The highest BCUT2D eigenvalue weighted by atomic mass is 19.4. The van der Waals surface area contributed by atoms with Gasteiger partial charge in [-0.05, 0) is 24.6 Å². The van der Waals surface area contributed by atoms with Gasteiger partial charge in [-0.15, -0.1) is 0 Å². The van der Waals surface area contributed by atoms with Crippen molar-refractivity contribution in [3.8, 4) is 0 Å². The predicted octanol–water partition coefficient (Wildman–Crippen LogP) is 4.31. The molecule has 0 bridgehead atoms. The highest BCUT2D eigenvalue weighted by Gasteiger charge is 2.30. The molecule has 0 fully saturated rings. The first-order chi connectivity index (χ1) is 8.59. The van der Waals surface area contributed by atoms with E-state index in [0.717, 1.165) is 12.1 Å². The fourth-order valence-electron chi connectivity index (χ4n) is 1.51. The van der Waals surface area contributed by atoms with Gasteiger partial charge in [-0.3, -0.25) is 0 Å². The third kappa shape index (κ3) is 5.50. The van der Waals surface area contributed by atoms with Gasteiger partial charge in [0.1, 0.15) is 0 Å². The molecule has 0 aliphatic rings. The minimum Gasteiger partial charge on any atom is -0.310 e. The van der Waals surface area contributed by atoms with E-state index in [4.69, 9.17) is 0 Å². The lowest BCUT2D eigenvalue weighted by Crippen LogP contribution is -2.24. The lowest BCUT2D eigenvalue weighted by Gasteiger charge is -2.16. The van der Waals surface area contributed by atoms with Crippen LogP contribution in [0.25, 0.3) is 0 Å². The lowest BCUT2D eigenvalue weighted by atomic mass is 10.1. The number of alkyl halides is 6. The Morgan fingerprint density at radius 3 is 1.95 bits per heavy atom. The quantitative estimate of drug-likeness (QED) is 0.813. The summed E-state index contributed by atoms with van der Waals surface area (Å²) in [5.74, 6) is 0. The second-order valence-corrected chi connectivity index (χ2v) is 4.16. The van der Waals surface area contributed by atoms with Gasteiger partial charge in [0, 0.05) is 12.6 Å². The van der Waals surface area contributed by atoms with Crippen LogP contribution < -0.4 is 5.32 Å². The minimum atomic E-state index is -4.41. The standard InChI is InChI=1S/C12H13F6N/c1-8(19-7-6-11(13,14)15)9-2-4-10(5-3-9)12(16,17)18/h2-5,8,19H,6-7H2,1H3. The van der Waals surface area contributed by atoms with Crippen LogP contribution in [-0.2, 0) is 6.18 Å². The summed E-state index contributed by atoms with van der Waals surface area (Å²) < 4.78 is 72.7. The van der Waals surface area contributed by atoms with Gasteiger partial charge in [-0.1, -0.05) is 12.1 Å². The molecule has 1 N–H and O–H groups in total. The zero-order valence-electron chi connectivity index (χ0n) is 10.1. The highest BCUT2D eigenvalue weighted by molar-refractivity contribution is 5.26. The summed E-state index contributed by atoms with van der Waals surface area (Å²) in [6, 6.07) is 3.90. The summed E-state index contributed by atoms with van der Waals surface area (Å²) in [7, 11) is 0. The van der Waals surface area contributed by atoms with Crippen LogP contribution in [0.1, 0.15) is 30.5 Å². The Morgan fingerprint density at radius 1 is 1.00 bits per heavy atom. The second-order valence-electron chi connectivity index (χ2n) is 4.16. The van der Waals surface area contributed by atoms with E-state index in [9.17, 15) is 26.3 Å². The zero-order chi connectivity index (χ0) is 14.7. The first kappa shape index (κ1) is 15.8. The molecule has 0 heterocycles. The monoisotopic (exact) mass is 285 g/mol. The van der Waals surface area contributed by atoms with Gasteiger partial charge in [0.25, 0.3) is 0 Å². The maximum absolute atomic E-state index is 12.3. The molecule has 1 atom stereocenters. The zero-order valence-corrected chi connectivity index (χ0v) is 10.1. The molecule has 1 aromatic carbocycles. The Bertz CT molecular complexity index is 392. The van der Waals surface area contributed by atoms with Gasteiger partial charge in [0.05, 0.1) is 12.0 Å². The molecule has 1 rings (SSSR count). The van der Waals surface area contributed by atoms with Crippen molar-refractivity contribution < 1.29 is 26.3 Å². The molecule has 0 spiro atoms. The lowest BCUT2D eigenvalue weighted by molar-refractivity contribution is -0.137. The Balaban J connectivity index is 2.56. The minimum absolute atomic E-state index is 0.272. The van der Waals surface area contributed by atoms with Crippen molar-refractivity contribution in [3.63, 3.8) is 0 Å². The highest BCUT2D eigenvalue weighted by Crippen LogP contribution is 2.29. The average Bonchev–Trinajstić information content (AvgIpc) is 2.26. The van der Waals surface area contributed by atoms with E-state index in [1.54, 1.807) is 6.92 Å². The fourth-order valence-corrected chi connectivity index (χ4v) is 1.51. The topological polar surface area (TPSA) is 12.0 Å². The second kappa shape index (κ2) is 5.81. The maximum Gasteiger partial charge on any atom is 0.416 e. The molecular weight excluding hydrogens is 272 g/mol. The van der Waals surface area contributed by atoms with E-state index in [1.807, 2.05) is 0 Å². The summed E-state index contributed by atoms with van der Waals surface area (Å²) in [4.78, 5) is 0. The van der Waals surface area contributed by atoms with Gasteiger partial charge in [0.15, 0.2) is 0 Å². The van der Waals surface area contributed by atoms with Crippen molar-refractivity contribution in [3.05, 3.63) is 35.4 Å². The van der Waals surface area contributed by atoms with E-state index >= 15 is 0 Å². The van der Waals surface area contributed by atoms with E-state index in [2.05, 4.69) is 5.32 Å². The summed E-state index contributed by atoms with van der Waals surface area (Å²) in [5, 5.41) is 2.61. The van der Waals surface area contributed by atoms with E-state index < -0.39 is 30.4 Å². The van der Waals surface area contributed by atoms with Gasteiger partial charge in [-0.2, -0.15) is 26.3 Å². The summed E-state index contributed by atoms with van der Waals surface area (Å²) in [5.41, 5.74) is -0.270. The van der Waals surface area contributed by atoms with Crippen LogP contribution in [0.3, 0.4) is 0 Å². The van der Waals surface area contributed by atoms with Crippen LogP contribution in [0.2, 0.25) is 0 Å². The van der Waals surface area contributed by atoms with Gasteiger partial charge < -0.3 is 5.32 Å². The normalized spacial score (nSPS) is 14.5. The molecule has 7 heteroatoms. The first-order valence-electron chi connectivity index (χ1n) is 5.57. The molecule has 1 nitrogen and oxygen atoms in total. The van der Waals surface area contributed by atoms with Crippen molar-refractivity contribution in [2.75, 3.05) is 6.54 Å². The first-order valence-corrected chi connectivity index (χ1v) is 5.57. The summed E-state index contributed by atoms with van der Waals surface area (Å²) in [6.07, 6.45) is -9.63. The number of halogens is 6. The molecular formula is C12H13F6N. The van der Waals surface area contributed by atoms with Crippen LogP contribution in [0.5, 0.6) is 0 Å². The van der Waals surface area contributed by atoms with Crippen molar-refractivity contribution in [2.24, 2.45) is 0 Å². The van der Waals surface area contributed by atoms with Crippen molar-refractivity contribution in [1.29, 1.82) is 0 Å². The molecule has 108 valence electrons. The summed E-state index contributed by atoms with van der Waals surface area (Å²) >= 11 is 0. The Morgan fingerprint density at radius 2 is 1.53 bits per heavy atom. The summed E-state index contributed by atoms with van der Waals surface area (Å²) in [6.45, 7) is 1.32. The number of nitrogens with one attached hydrogen (secondary N) is 1. The van der Waals surface area contributed by atoms with E-state index in [-0.39, 0.29) is 6.54 Å². The van der Waals surface area contributed by atoms with Gasteiger partial charge >= 0.3 is 12.4 Å². The van der Waals surface area contributed by atoms with Gasteiger partial charge in [-0.25, -0.2) is 0 Å². The van der Waals surface area contributed by atoms with Crippen LogP contribution in [0.15, 0.2) is 24.3 Å². The smallest absolute Gasteiger partial charge is 0.310 e. The van der Waals surface area contributed by atoms with E-state index in [0.29, 0.717) is 5.56 Å². The van der Waals surface area contributed by atoms with Crippen molar-refractivity contribution >= 4 is 0 Å². The molecule has 0 aliphatic carbocycles. The Hall–Kier alpha value is -1.24. The molecule has 1 unspecified atom stereocenters. The molecule has 1 aromatic rings. The molecule has 0 saturated carbocycles. The number of hydrogen-bond donors (Lipinski definition) is 1. The third-order valence-electron chi connectivity index (χ3n) is 2.60. The van der Waals surface area contributed by atoms with Crippen LogP contribution in [0, 0.1) is 0 Å². The van der Waals surface area contributed by atoms with E-state index in [1.165, 1.54) is 12.1 Å². The number of rotatable bonds is 4. The SMILES string of the molecule is CC(NCCC(F)(F)F)c1ccc(C(F)(F)F)cc1. The largest absolute Gasteiger partial charge is 0.416 e. The van der Waals surface area contributed by atoms with Crippen LogP contribution in [-0.4, -0.2) is 12.7 Å². The molecule has 0 aromatic heterocycles. The number of hydrogen-bond acceptors (Lipinski definition) is 1. The molecule has 0 aliphatic heterocycles. The third-order valence-corrected chi connectivity index (χ3v) is 2.60. The predicted molar refractivity (Wildman–Crippen MR) is 58.5 cm³/mol. The average molecular weight is 285 g/mol. The Labute approximate surface area is 106 Å². The van der Waals surface area contributed by atoms with Crippen molar-refractivity contribution in [2.45, 2.75) is 31.7 Å².